The fourth-order valence-electron chi connectivity index (χ4n) is 1.21. The second-order valence-corrected chi connectivity index (χ2v) is 3.60. The highest BCUT2D eigenvalue weighted by atomic mass is 16.5. The van der Waals surface area contributed by atoms with Gasteiger partial charge in [0.25, 0.3) is 0 Å². The first-order chi connectivity index (χ1) is 6.72. The SMILES string of the molecule is CCC(C)/C=[N+](\[O-])Cc1ccccc1. The summed E-state index contributed by atoms with van der Waals surface area (Å²) in [4.78, 5) is 0. The fourth-order valence-corrected chi connectivity index (χ4v) is 1.21. The Labute approximate surface area is 85.5 Å². The van der Waals surface area contributed by atoms with E-state index >= 15 is 0 Å². The maximum Gasteiger partial charge on any atom is 0.178 e. The molecule has 1 unspecified atom stereocenters. The molecule has 0 aliphatic heterocycles. The molecule has 0 spiro atoms. The van der Waals surface area contributed by atoms with Crippen LogP contribution < -0.4 is 0 Å². The van der Waals surface area contributed by atoms with E-state index in [1.54, 1.807) is 6.21 Å². The molecule has 0 saturated heterocycles. The van der Waals surface area contributed by atoms with Crippen LogP contribution in [0.2, 0.25) is 0 Å². The average Bonchev–Trinajstić information content (AvgIpc) is 2.19. The van der Waals surface area contributed by atoms with Crippen LogP contribution in [0.1, 0.15) is 25.8 Å². The first-order valence-electron chi connectivity index (χ1n) is 5.05. The zero-order chi connectivity index (χ0) is 10.4. The van der Waals surface area contributed by atoms with Crippen LogP contribution in [0.15, 0.2) is 30.3 Å². The lowest BCUT2D eigenvalue weighted by atomic mass is 10.1. The Hall–Kier alpha value is -1.31. The zero-order valence-corrected chi connectivity index (χ0v) is 8.81. The molecule has 0 fully saturated rings. The molecule has 1 aromatic rings. The molecule has 76 valence electrons. The van der Waals surface area contributed by atoms with Gasteiger partial charge in [0.05, 0.1) is 0 Å². The highest BCUT2D eigenvalue weighted by molar-refractivity contribution is 5.54. The van der Waals surface area contributed by atoms with Gasteiger partial charge in [-0.2, -0.15) is 0 Å². The van der Waals surface area contributed by atoms with E-state index < -0.39 is 0 Å². The van der Waals surface area contributed by atoms with E-state index in [-0.39, 0.29) is 0 Å². The molecule has 2 heteroatoms. The monoisotopic (exact) mass is 191 g/mol. The van der Waals surface area contributed by atoms with E-state index in [2.05, 4.69) is 13.8 Å². The predicted octanol–water partition coefficient (Wildman–Crippen LogP) is 2.81. The van der Waals surface area contributed by atoms with Gasteiger partial charge in [-0.25, -0.2) is 4.74 Å². The molecule has 1 aromatic carbocycles. The van der Waals surface area contributed by atoms with E-state index in [0.717, 1.165) is 16.7 Å². The Morgan fingerprint density at radius 3 is 2.57 bits per heavy atom. The van der Waals surface area contributed by atoms with Gasteiger partial charge in [-0.05, 0) is 6.42 Å². The van der Waals surface area contributed by atoms with Gasteiger partial charge in [-0.3, -0.25) is 0 Å². The molecule has 0 radical (unpaired) electrons. The van der Waals surface area contributed by atoms with Gasteiger partial charge < -0.3 is 5.21 Å². The van der Waals surface area contributed by atoms with Crippen molar-refractivity contribution in [3.05, 3.63) is 41.1 Å². The summed E-state index contributed by atoms with van der Waals surface area (Å²) in [5.74, 6) is 0.358. The second kappa shape index (κ2) is 5.43. The fraction of sp³-hybridized carbons (Fsp3) is 0.417. The zero-order valence-electron chi connectivity index (χ0n) is 8.81. The molecular formula is C12H17NO. The Morgan fingerprint density at radius 2 is 2.00 bits per heavy atom. The number of hydroxylamine groups is 1. The van der Waals surface area contributed by atoms with E-state index in [1.807, 2.05) is 30.3 Å². The van der Waals surface area contributed by atoms with E-state index in [4.69, 9.17) is 0 Å². The Bertz CT molecular complexity index is 292. The van der Waals surface area contributed by atoms with Crippen molar-refractivity contribution in [2.45, 2.75) is 26.8 Å². The molecular weight excluding hydrogens is 174 g/mol. The van der Waals surface area contributed by atoms with Gasteiger partial charge in [-0.1, -0.05) is 44.2 Å². The highest BCUT2D eigenvalue weighted by Crippen LogP contribution is 2.01. The van der Waals surface area contributed by atoms with E-state index in [0.29, 0.717) is 12.5 Å². The molecule has 14 heavy (non-hydrogen) atoms. The molecule has 1 rings (SSSR count). The maximum atomic E-state index is 11.4. The van der Waals surface area contributed by atoms with Crippen molar-refractivity contribution in [1.82, 2.24) is 0 Å². The smallest absolute Gasteiger partial charge is 0.178 e. The molecule has 0 heterocycles. The van der Waals surface area contributed by atoms with Gasteiger partial charge in [0.15, 0.2) is 12.8 Å². The molecule has 0 bridgehead atoms. The Balaban J connectivity index is 2.57. The summed E-state index contributed by atoms with van der Waals surface area (Å²) in [7, 11) is 0. The van der Waals surface area contributed by atoms with Crippen LogP contribution in [0.3, 0.4) is 0 Å². The predicted molar refractivity (Wildman–Crippen MR) is 59.3 cm³/mol. The van der Waals surface area contributed by atoms with Crippen LogP contribution in [0.4, 0.5) is 0 Å². The number of nitrogens with zero attached hydrogens (tertiary/aromatic N) is 1. The van der Waals surface area contributed by atoms with Gasteiger partial charge in [0, 0.05) is 11.5 Å². The summed E-state index contributed by atoms with van der Waals surface area (Å²) in [6, 6.07) is 9.79. The largest absolute Gasteiger partial charge is 0.624 e. The summed E-state index contributed by atoms with van der Waals surface area (Å²) in [6.07, 6.45) is 2.75. The van der Waals surface area contributed by atoms with Crippen molar-refractivity contribution in [2.24, 2.45) is 5.92 Å². The van der Waals surface area contributed by atoms with Crippen LogP contribution in [-0.2, 0) is 6.54 Å². The molecule has 2 nitrogen and oxygen atoms in total. The number of rotatable bonds is 4. The highest BCUT2D eigenvalue weighted by Gasteiger charge is 2.01. The first kappa shape index (κ1) is 10.8. The third-order valence-electron chi connectivity index (χ3n) is 2.25. The standard InChI is InChI=1S/C12H17NO/c1-3-11(2)9-13(14)10-12-7-5-4-6-8-12/h4-9,11H,3,10H2,1-2H3/b13-9-. The van der Waals surface area contributed by atoms with Crippen LogP contribution in [0.5, 0.6) is 0 Å². The van der Waals surface area contributed by atoms with Crippen molar-refractivity contribution < 1.29 is 4.74 Å². The molecule has 0 aliphatic carbocycles. The number of benzene rings is 1. The molecule has 0 aromatic heterocycles. The number of hydrogen-bond acceptors (Lipinski definition) is 1. The Kier molecular flexibility index (Phi) is 4.17. The minimum absolute atomic E-state index is 0.358. The Morgan fingerprint density at radius 1 is 1.36 bits per heavy atom. The lowest BCUT2D eigenvalue weighted by Gasteiger charge is -2.06. The maximum absolute atomic E-state index is 11.4. The minimum atomic E-state index is 0.358. The van der Waals surface area contributed by atoms with Crippen molar-refractivity contribution in [3.8, 4) is 0 Å². The van der Waals surface area contributed by atoms with Crippen LogP contribution >= 0.6 is 0 Å². The molecule has 1 atom stereocenters. The van der Waals surface area contributed by atoms with Crippen molar-refractivity contribution in [2.75, 3.05) is 0 Å². The summed E-state index contributed by atoms with van der Waals surface area (Å²) >= 11 is 0. The summed E-state index contributed by atoms with van der Waals surface area (Å²) in [5, 5.41) is 11.4. The lowest BCUT2D eigenvalue weighted by Crippen LogP contribution is -2.09. The molecule has 0 amide bonds. The lowest BCUT2D eigenvalue weighted by molar-refractivity contribution is -0.472. The normalized spacial score (nSPS) is 14.0. The van der Waals surface area contributed by atoms with Crippen molar-refractivity contribution >= 4 is 6.21 Å². The van der Waals surface area contributed by atoms with Gasteiger partial charge >= 0.3 is 0 Å². The number of hydrogen-bond donors (Lipinski definition) is 0. The average molecular weight is 191 g/mol. The molecule has 0 N–H and O–H groups in total. The summed E-state index contributed by atoms with van der Waals surface area (Å²) < 4.78 is 1.02. The quantitative estimate of drug-likeness (QED) is 0.311. The minimum Gasteiger partial charge on any atom is -0.624 e. The van der Waals surface area contributed by atoms with E-state index in [1.165, 1.54) is 0 Å². The topological polar surface area (TPSA) is 26.1 Å². The second-order valence-electron chi connectivity index (χ2n) is 3.60. The van der Waals surface area contributed by atoms with E-state index in [9.17, 15) is 5.21 Å². The van der Waals surface area contributed by atoms with Crippen LogP contribution in [-0.4, -0.2) is 11.0 Å². The summed E-state index contributed by atoms with van der Waals surface area (Å²) in [6.45, 7) is 4.58. The van der Waals surface area contributed by atoms with Crippen LogP contribution in [0, 0.1) is 11.1 Å². The van der Waals surface area contributed by atoms with Crippen molar-refractivity contribution in [3.63, 3.8) is 0 Å². The summed E-state index contributed by atoms with van der Waals surface area (Å²) in [5.41, 5.74) is 1.06. The third kappa shape index (κ3) is 3.60. The van der Waals surface area contributed by atoms with Gasteiger partial charge in [-0.15, -0.1) is 0 Å². The van der Waals surface area contributed by atoms with Crippen molar-refractivity contribution in [1.29, 1.82) is 0 Å². The molecule has 0 saturated carbocycles. The van der Waals surface area contributed by atoms with Gasteiger partial charge in [0.2, 0.25) is 0 Å². The first-order valence-corrected chi connectivity index (χ1v) is 5.05. The van der Waals surface area contributed by atoms with Gasteiger partial charge in [0.1, 0.15) is 0 Å². The van der Waals surface area contributed by atoms with Crippen LogP contribution in [0.25, 0.3) is 0 Å². The molecule has 0 aliphatic rings. The third-order valence-corrected chi connectivity index (χ3v) is 2.25.